The third kappa shape index (κ3) is 2.72. The Morgan fingerprint density at radius 2 is 2.00 bits per heavy atom. The monoisotopic (exact) mass is 298 g/mol. The first-order valence-corrected chi connectivity index (χ1v) is 7.59. The van der Waals surface area contributed by atoms with Crippen molar-refractivity contribution in [2.24, 2.45) is 0 Å². The van der Waals surface area contributed by atoms with Crippen LogP contribution in [0.2, 0.25) is 0 Å². The van der Waals surface area contributed by atoms with E-state index in [0.717, 1.165) is 18.7 Å². The van der Waals surface area contributed by atoms with Crippen LogP contribution in [0.4, 0.5) is 5.95 Å². The molecular weight excluding hydrogens is 280 g/mol. The minimum absolute atomic E-state index is 0.118. The van der Waals surface area contributed by atoms with Gasteiger partial charge in [0.15, 0.2) is 0 Å². The molecule has 0 radical (unpaired) electrons. The van der Waals surface area contributed by atoms with E-state index in [4.69, 9.17) is 0 Å². The lowest BCUT2D eigenvalue weighted by Gasteiger charge is -2.09. The van der Waals surface area contributed by atoms with Crippen molar-refractivity contribution in [2.45, 2.75) is 37.3 Å². The number of amides is 1. The van der Waals surface area contributed by atoms with Crippen LogP contribution in [0.3, 0.4) is 0 Å². The molecule has 2 atom stereocenters. The molecule has 1 aromatic heterocycles. The number of carbonyl (C=O) groups is 1. The van der Waals surface area contributed by atoms with E-state index in [2.05, 4.69) is 43.5 Å². The van der Waals surface area contributed by atoms with Crippen molar-refractivity contribution in [3.05, 3.63) is 41.7 Å². The van der Waals surface area contributed by atoms with Crippen molar-refractivity contribution in [1.29, 1.82) is 0 Å². The van der Waals surface area contributed by atoms with E-state index in [-0.39, 0.29) is 18.0 Å². The molecule has 1 saturated carbocycles. The molecule has 2 fully saturated rings. The fourth-order valence-corrected chi connectivity index (χ4v) is 2.70. The number of hydrogen-bond donors (Lipinski definition) is 4. The largest absolute Gasteiger partial charge is 0.292 e. The van der Waals surface area contributed by atoms with Crippen molar-refractivity contribution in [3.63, 3.8) is 0 Å². The number of benzene rings is 1. The van der Waals surface area contributed by atoms with E-state index < -0.39 is 0 Å². The molecule has 2 aromatic rings. The average molecular weight is 298 g/mol. The minimum Gasteiger partial charge on any atom is -0.292 e. The molecule has 2 heterocycles. The van der Waals surface area contributed by atoms with Crippen LogP contribution in [0, 0.1) is 0 Å². The summed E-state index contributed by atoms with van der Waals surface area (Å²) in [4.78, 5) is 16.6. The number of carbonyl (C=O) groups excluding carboxylic acids is 1. The van der Waals surface area contributed by atoms with Crippen LogP contribution in [0.15, 0.2) is 30.3 Å². The van der Waals surface area contributed by atoms with Gasteiger partial charge in [0.2, 0.25) is 11.9 Å². The number of hydrogen-bond acceptors (Lipinski definition) is 5. The highest BCUT2D eigenvalue weighted by Gasteiger charge is 2.31. The second-order valence-electron chi connectivity index (χ2n) is 5.85. The van der Waals surface area contributed by atoms with E-state index >= 15 is 0 Å². The quantitative estimate of drug-likeness (QED) is 0.681. The van der Waals surface area contributed by atoms with Crippen LogP contribution in [0.1, 0.15) is 42.6 Å². The SMILES string of the molecule is O=C(Nc1n[nH]c(C2CC2)n1)C1CC(c2ccccc2)NN1. The fraction of sp³-hybridized carbons (Fsp3) is 0.400. The van der Waals surface area contributed by atoms with Gasteiger partial charge in [-0.05, 0) is 24.8 Å². The summed E-state index contributed by atoms with van der Waals surface area (Å²) in [5.74, 6) is 1.60. The van der Waals surface area contributed by atoms with E-state index in [1.54, 1.807) is 0 Å². The normalized spacial score (nSPS) is 24.4. The third-order valence-electron chi connectivity index (χ3n) is 4.12. The molecule has 1 aliphatic heterocycles. The smallest absolute Gasteiger partial charge is 0.248 e. The predicted octanol–water partition coefficient (Wildman–Crippen LogP) is 1.23. The number of H-pyrrole nitrogens is 1. The number of nitrogens with zero attached hydrogens (tertiary/aromatic N) is 2. The summed E-state index contributed by atoms with van der Waals surface area (Å²) in [5.41, 5.74) is 7.37. The van der Waals surface area contributed by atoms with E-state index in [1.807, 2.05) is 18.2 Å². The van der Waals surface area contributed by atoms with Gasteiger partial charge in [0.25, 0.3) is 0 Å². The lowest BCUT2D eigenvalue weighted by atomic mass is 10.0. The molecule has 7 heteroatoms. The topological polar surface area (TPSA) is 94.7 Å². The van der Waals surface area contributed by atoms with Gasteiger partial charge >= 0.3 is 0 Å². The molecule has 4 rings (SSSR count). The van der Waals surface area contributed by atoms with Gasteiger partial charge in [-0.3, -0.25) is 15.2 Å². The van der Waals surface area contributed by atoms with Crippen molar-refractivity contribution in [1.82, 2.24) is 26.0 Å². The van der Waals surface area contributed by atoms with Crippen molar-refractivity contribution in [3.8, 4) is 0 Å². The number of aromatic amines is 1. The Morgan fingerprint density at radius 3 is 2.77 bits per heavy atom. The third-order valence-corrected chi connectivity index (χ3v) is 4.12. The highest BCUT2D eigenvalue weighted by atomic mass is 16.2. The van der Waals surface area contributed by atoms with Gasteiger partial charge in [0.1, 0.15) is 11.9 Å². The van der Waals surface area contributed by atoms with Crippen molar-refractivity contribution >= 4 is 11.9 Å². The molecule has 1 aromatic carbocycles. The predicted molar refractivity (Wildman–Crippen MR) is 80.8 cm³/mol. The molecule has 0 bridgehead atoms. The van der Waals surface area contributed by atoms with Crippen molar-refractivity contribution < 1.29 is 4.79 Å². The summed E-state index contributed by atoms with van der Waals surface area (Å²) in [5, 5.41) is 9.70. The highest BCUT2D eigenvalue weighted by Crippen LogP contribution is 2.38. The first-order chi connectivity index (χ1) is 10.8. The number of nitrogens with one attached hydrogen (secondary N) is 4. The number of hydrazine groups is 1. The van der Waals surface area contributed by atoms with Crippen molar-refractivity contribution in [2.75, 3.05) is 5.32 Å². The zero-order valence-corrected chi connectivity index (χ0v) is 12.0. The molecule has 114 valence electrons. The van der Waals surface area contributed by atoms with Gasteiger partial charge in [0, 0.05) is 12.0 Å². The standard InChI is InChI=1S/C15H18N6O/c22-14(17-15-16-13(20-21-15)10-6-7-10)12-8-11(18-19-12)9-4-2-1-3-5-9/h1-5,10-12,18-19H,6-8H2,(H2,16,17,20,21,22). The van der Waals surface area contributed by atoms with Gasteiger partial charge in [0.05, 0.1) is 0 Å². The minimum atomic E-state index is -0.298. The van der Waals surface area contributed by atoms with Crippen LogP contribution in [-0.2, 0) is 4.79 Å². The van der Waals surface area contributed by atoms with Crippen LogP contribution < -0.4 is 16.2 Å². The molecule has 2 unspecified atom stereocenters. The summed E-state index contributed by atoms with van der Waals surface area (Å²) < 4.78 is 0. The Balaban J connectivity index is 1.36. The first-order valence-electron chi connectivity index (χ1n) is 7.59. The molecule has 0 spiro atoms. The van der Waals surface area contributed by atoms with Gasteiger partial charge in [-0.15, -0.1) is 5.10 Å². The van der Waals surface area contributed by atoms with Gasteiger partial charge < -0.3 is 0 Å². The molecule has 22 heavy (non-hydrogen) atoms. The number of anilines is 1. The van der Waals surface area contributed by atoms with E-state index in [0.29, 0.717) is 18.3 Å². The van der Waals surface area contributed by atoms with Crippen LogP contribution in [0.25, 0.3) is 0 Å². The Hall–Kier alpha value is -2.25. The zero-order chi connectivity index (χ0) is 14.9. The summed E-state index contributed by atoms with van der Waals surface area (Å²) in [6.07, 6.45) is 2.99. The molecular formula is C15H18N6O. The Morgan fingerprint density at radius 1 is 1.18 bits per heavy atom. The summed E-state index contributed by atoms with van der Waals surface area (Å²) in [6.45, 7) is 0. The summed E-state index contributed by atoms with van der Waals surface area (Å²) in [6, 6.07) is 9.92. The second-order valence-corrected chi connectivity index (χ2v) is 5.85. The maximum Gasteiger partial charge on any atom is 0.248 e. The van der Waals surface area contributed by atoms with Crippen LogP contribution in [-0.4, -0.2) is 27.1 Å². The highest BCUT2D eigenvalue weighted by molar-refractivity contribution is 5.93. The van der Waals surface area contributed by atoms with Crippen LogP contribution in [0.5, 0.6) is 0 Å². The first kappa shape index (κ1) is 13.4. The van der Waals surface area contributed by atoms with E-state index in [9.17, 15) is 4.79 Å². The number of rotatable bonds is 4. The van der Waals surface area contributed by atoms with Gasteiger partial charge in [-0.25, -0.2) is 10.9 Å². The molecule has 1 amide bonds. The maximum absolute atomic E-state index is 12.3. The van der Waals surface area contributed by atoms with Gasteiger partial charge in [-0.1, -0.05) is 30.3 Å². The maximum atomic E-state index is 12.3. The summed E-state index contributed by atoms with van der Waals surface area (Å²) in [7, 11) is 0. The Labute approximate surface area is 127 Å². The second kappa shape index (κ2) is 5.51. The van der Waals surface area contributed by atoms with Crippen LogP contribution >= 0.6 is 0 Å². The Kier molecular flexibility index (Phi) is 3.36. The molecule has 7 nitrogen and oxygen atoms in total. The number of aromatic nitrogens is 3. The zero-order valence-electron chi connectivity index (χ0n) is 12.0. The van der Waals surface area contributed by atoms with Gasteiger partial charge in [-0.2, -0.15) is 4.98 Å². The molecule has 1 saturated heterocycles. The molecule has 2 aliphatic rings. The Bertz CT molecular complexity index is 666. The van der Waals surface area contributed by atoms with E-state index in [1.165, 1.54) is 5.56 Å². The lowest BCUT2D eigenvalue weighted by Crippen LogP contribution is -2.39. The fourth-order valence-electron chi connectivity index (χ4n) is 2.70. The average Bonchev–Trinajstić information content (AvgIpc) is 3.10. The molecule has 1 aliphatic carbocycles. The summed E-state index contributed by atoms with van der Waals surface area (Å²) >= 11 is 0. The lowest BCUT2D eigenvalue weighted by molar-refractivity contribution is -0.117. The molecule has 4 N–H and O–H groups in total.